The molecule has 8 nitrogen and oxygen atoms in total. The van der Waals surface area contributed by atoms with E-state index in [2.05, 4.69) is 10.0 Å². The van der Waals surface area contributed by atoms with Crippen LogP contribution in [-0.2, 0) is 32.2 Å². The first-order valence-electron chi connectivity index (χ1n) is 9.51. The van der Waals surface area contributed by atoms with Gasteiger partial charge in [-0.15, -0.1) is 0 Å². The molecule has 29 heavy (non-hydrogen) atoms. The number of azide groups is 1. The van der Waals surface area contributed by atoms with Crippen LogP contribution >= 0.6 is 0 Å². The average Bonchev–Trinajstić information content (AvgIpc) is 3.06. The van der Waals surface area contributed by atoms with Gasteiger partial charge in [-0.2, -0.15) is 0 Å². The Kier molecular flexibility index (Phi) is 8.45. The number of aliphatic hydroxyl groups excluding tert-OH is 1. The summed E-state index contributed by atoms with van der Waals surface area (Å²) in [5.74, 6) is 0. The predicted molar refractivity (Wildman–Crippen MR) is 106 cm³/mol. The molecule has 1 aliphatic heterocycles. The van der Waals surface area contributed by atoms with Gasteiger partial charge in [0.15, 0.2) is 6.29 Å². The second kappa shape index (κ2) is 11.5. The van der Waals surface area contributed by atoms with Gasteiger partial charge in [0.1, 0.15) is 18.3 Å². The predicted octanol–water partition coefficient (Wildman–Crippen LogP) is 3.20. The third-order valence-electron chi connectivity index (χ3n) is 4.51. The summed E-state index contributed by atoms with van der Waals surface area (Å²) >= 11 is 0. The minimum absolute atomic E-state index is 0.171. The highest BCUT2D eigenvalue weighted by Gasteiger charge is 2.45. The Balaban J connectivity index is 1.55. The number of hydrogen-bond donors (Lipinski definition) is 1. The Morgan fingerprint density at radius 1 is 0.966 bits per heavy atom. The smallest absolute Gasteiger partial charge is 0.186 e. The second-order valence-electron chi connectivity index (χ2n) is 6.62. The monoisotopic (exact) mass is 399 g/mol. The molecular weight excluding hydrogens is 374 g/mol. The largest absolute Gasteiger partial charge is 0.387 e. The molecule has 1 saturated heterocycles. The molecule has 0 saturated carbocycles. The van der Waals surface area contributed by atoms with Gasteiger partial charge in [-0.25, -0.2) is 0 Å². The molecule has 154 valence electrons. The van der Waals surface area contributed by atoms with Gasteiger partial charge in [-0.05, 0) is 16.7 Å². The molecule has 0 amide bonds. The first-order valence-corrected chi connectivity index (χ1v) is 9.51. The van der Waals surface area contributed by atoms with E-state index in [1.165, 1.54) is 0 Å². The van der Waals surface area contributed by atoms with Crippen LogP contribution in [0.3, 0.4) is 0 Å². The molecule has 0 aromatic heterocycles. The first-order chi connectivity index (χ1) is 14.3. The zero-order valence-electron chi connectivity index (χ0n) is 16.0. The maximum Gasteiger partial charge on any atom is 0.186 e. The van der Waals surface area contributed by atoms with Gasteiger partial charge in [0.05, 0.1) is 26.4 Å². The Hall–Kier alpha value is -2.45. The number of nitrogens with zero attached hydrogens (tertiary/aromatic N) is 3. The summed E-state index contributed by atoms with van der Waals surface area (Å²) in [5.41, 5.74) is 10.4. The zero-order valence-corrected chi connectivity index (χ0v) is 16.0. The molecule has 1 aliphatic rings. The van der Waals surface area contributed by atoms with Crippen molar-refractivity contribution in [1.29, 1.82) is 0 Å². The van der Waals surface area contributed by atoms with Crippen molar-refractivity contribution in [2.24, 2.45) is 5.11 Å². The number of rotatable bonds is 11. The fraction of sp³-hybridized carbons (Fsp3) is 0.429. The van der Waals surface area contributed by atoms with Gasteiger partial charge in [0.2, 0.25) is 0 Å². The topological polar surface area (TPSA) is 106 Å². The van der Waals surface area contributed by atoms with E-state index in [9.17, 15) is 5.11 Å². The minimum atomic E-state index is -0.904. The van der Waals surface area contributed by atoms with E-state index in [-0.39, 0.29) is 19.8 Å². The average molecular weight is 399 g/mol. The van der Waals surface area contributed by atoms with E-state index in [1.54, 1.807) is 0 Å². The third-order valence-corrected chi connectivity index (χ3v) is 4.51. The highest BCUT2D eigenvalue weighted by Crippen LogP contribution is 2.26. The molecule has 1 N–H and O–H groups in total. The molecule has 3 rings (SSSR count). The standard InChI is InChI=1S/C21H25N3O5/c22-24-23-11-12-27-21-20(28-14-17-9-5-2-6-10-17)19(25)18(29-21)15-26-13-16-7-3-1-4-8-16/h1-10,18-21,25H,11-15H2/t18-,19?,20?,21-/m1/s1. The van der Waals surface area contributed by atoms with Crippen molar-refractivity contribution in [3.8, 4) is 0 Å². The van der Waals surface area contributed by atoms with Crippen molar-refractivity contribution < 1.29 is 24.1 Å². The van der Waals surface area contributed by atoms with Crippen LogP contribution in [0.5, 0.6) is 0 Å². The van der Waals surface area contributed by atoms with Crippen LogP contribution in [0.4, 0.5) is 0 Å². The highest BCUT2D eigenvalue weighted by molar-refractivity contribution is 5.14. The Morgan fingerprint density at radius 3 is 2.28 bits per heavy atom. The molecule has 2 aromatic rings. The summed E-state index contributed by atoms with van der Waals surface area (Å²) in [7, 11) is 0. The normalized spacial score (nSPS) is 23.6. The maximum atomic E-state index is 10.7. The lowest BCUT2D eigenvalue weighted by Crippen LogP contribution is -2.37. The summed E-state index contributed by atoms with van der Waals surface area (Å²) in [6.07, 6.45) is -2.93. The summed E-state index contributed by atoms with van der Waals surface area (Å²) in [4.78, 5) is 2.70. The lowest BCUT2D eigenvalue weighted by Gasteiger charge is -2.21. The van der Waals surface area contributed by atoms with Crippen molar-refractivity contribution >= 4 is 0 Å². The van der Waals surface area contributed by atoms with Gasteiger partial charge in [0.25, 0.3) is 0 Å². The van der Waals surface area contributed by atoms with Crippen LogP contribution in [0.1, 0.15) is 11.1 Å². The van der Waals surface area contributed by atoms with Gasteiger partial charge >= 0.3 is 0 Å². The maximum absolute atomic E-state index is 10.7. The molecule has 1 heterocycles. The lowest BCUT2D eigenvalue weighted by atomic mass is 10.1. The van der Waals surface area contributed by atoms with E-state index in [0.717, 1.165) is 11.1 Å². The van der Waals surface area contributed by atoms with Crippen molar-refractivity contribution in [1.82, 2.24) is 0 Å². The molecule has 0 radical (unpaired) electrons. The van der Waals surface area contributed by atoms with Crippen molar-refractivity contribution in [2.75, 3.05) is 19.8 Å². The van der Waals surface area contributed by atoms with Crippen LogP contribution in [0.25, 0.3) is 10.4 Å². The Bertz CT molecular complexity index is 770. The quantitative estimate of drug-likeness (QED) is 0.270. The number of aliphatic hydroxyl groups is 1. The molecule has 8 heteroatoms. The fourth-order valence-electron chi connectivity index (χ4n) is 3.04. The summed E-state index contributed by atoms with van der Waals surface area (Å²) in [6.45, 7) is 1.29. The molecule has 1 fully saturated rings. The molecular formula is C21H25N3O5. The van der Waals surface area contributed by atoms with Crippen LogP contribution in [0, 0.1) is 0 Å². The first kappa shape index (κ1) is 21.3. The lowest BCUT2D eigenvalue weighted by molar-refractivity contribution is -0.183. The SMILES string of the molecule is [N-]=[N+]=NCCO[C@@H]1O[C@H](COCc2ccccc2)C(O)C1OCc1ccccc1. The van der Waals surface area contributed by atoms with Gasteiger partial charge < -0.3 is 24.1 Å². The molecule has 2 aromatic carbocycles. The summed E-state index contributed by atoms with van der Waals surface area (Å²) < 4.78 is 23.1. The van der Waals surface area contributed by atoms with Crippen LogP contribution in [-0.4, -0.2) is 49.5 Å². The van der Waals surface area contributed by atoms with Crippen molar-refractivity contribution in [3.05, 3.63) is 82.2 Å². The van der Waals surface area contributed by atoms with E-state index < -0.39 is 24.6 Å². The van der Waals surface area contributed by atoms with E-state index >= 15 is 0 Å². The molecule has 4 atom stereocenters. The number of benzene rings is 2. The van der Waals surface area contributed by atoms with E-state index in [1.807, 2.05) is 60.7 Å². The summed E-state index contributed by atoms with van der Waals surface area (Å²) in [5, 5.41) is 14.1. The van der Waals surface area contributed by atoms with E-state index in [0.29, 0.717) is 13.2 Å². The highest BCUT2D eigenvalue weighted by atomic mass is 16.7. The Morgan fingerprint density at radius 2 is 1.62 bits per heavy atom. The Labute approximate surface area is 169 Å². The number of ether oxygens (including phenoxy) is 4. The fourth-order valence-corrected chi connectivity index (χ4v) is 3.04. The molecule has 0 bridgehead atoms. The van der Waals surface area contributed by atoms with Crippen molar-refractivity contribution in [2.45, 2.75) is 37.8 Å². The molecule has 0 aliphatic carbocycles. The molecule has 2 unspecified atom stereocenters. The van der Waals surface area contributed by atoms with Crippen LogP contribution in [0.15, 0.2) is 65.8 Å². The van der Waals surface area contributed by atoms with Crippen LogP contribution < -0.4 is 0 Å². The number of hydrogen-bond acceptors (Lipinski definition) is 6. The van der Waals surface area contributed by atoms with Gasteiger partial charge in [-0.3, -0.25) is 0 Å². The summed E-state index contributed by atoms with van der Waals surface area (Å²) in [6, 6.07) is 19.4. The molecule has 0 spiro atoms. The minimum Gasteiger partial charge on any atom is -0.387 e. The third kappa shape index (κ3) is 6.54. The zero-order chi connectivity index (χ0) is 20.3. The van der Waals surface area contributed by atoms with E-state index in [4.69, 9.17) is 24.5 Å². The van der Waals surface area contributed by atoms with Crippen LogP contribution in [0.2, 0.25) is 0 Å². The van der Waals surface area contributed by atoms with Gasteiger partial charge in [-0.1, -0.05) is 65.8 Å². The second-order valence-corrected chi connectivity index (χ2v) is 6.62. The van der Waals surface area contributed by atoms with Gasteiger partial charge in [0, 0.05) is 11.5 Å². The van der Waals surface area contributed by atoms with Crippen molar-refractivity contribution in [3.63, 3.8) is 0 Å².